The van der Waals surface area contributed by atoms with Gasteiger partial charge in [-0.1, -0.05) is 31.9 Å². The van der Waals surface area contributed by atoms with Gasteiger partial charge in [0.05, 0.1) is 6.61 Å². The van der Waals surface area contributed by atoms with Crippen molar-refractivity contribution in [2.45, 2.75) is 18.2 Å². The fourth-order valence-electron chi connectivity index (χ4n) is 1.58. The van der Waals surface area contributed by atoms with Crippen LogP contribution in [-0.2, 0) is 4.74 Å². The molecule has 0 saturated heterocycles. The van der Waals surface area contributed by atoms with Crippen LogP contribution in [0.3, 0.4) is 0 Å². The van der Waals surface area contributed by atoms with Crippen molar-refractivity contribution < 1.29 is 9.53 Å². The number of ether oxygens (including phenoxy) is 1. The molecule has 100 valence electrons. The Morgan fingerprint density at radius 2 is 2.22 bits per heavy atom. The number of nitrogens with one attached hydrogen (secondary N) is 1. The minimum absolute atomic E-state index is 0.0304. The monoisotopic (exact) mass is 377 g/mol. The van der Waals surface area contributed by atoms with Crippen molar-refractivity contribution in [2.24, 2.45) is 0 Å². The number of halogens is 2. The summed E-state index contributed by atoms with van der Waals surface area (Å²) >= 11 is 6.87. The molecule has 18 heavy (non-hydrogen) atoms. The Hall–Kier alpha value is -0.390. The molecule has 0 heterocycles. The Morgan fingerprint density at radius 3 is 2.83 bits per heavy atom. The van der Waals surface area contributed by atoms with Gasteiger partial charge in [0.2, 0.25) is 0 Å². The van der Waals surface area contributed by atoms with E-state index in [1.807, 2.05) is 25.1 Å². The molecule has 0 radical (unpaired) electrons. The molecule has 1 atom stereocenters. The lowest BCUT2D eigenvalue weighted by Gasteiger charge is -2.10. The molecule has 0 bridgehead atoms. The number of alkyl halides is 1. The lowest BCUT2D eigenvalue weighted by molar-refractivity contribution is 0.0951. The van der Waals surface area contributed by atoms with Crippen molar-refractivity contribution in [2.75, 3.05) is 20.3 Å². The molecule has 5 heteroatoms. The van der Waals surface area contributed by atoms with E-state index >= 15 is 0 Å². The first-order valence-corrected chi connectivity index (χ1v) is 7.43. The molecule has 0 spiro atoms. The lowest BCUT2D eigenvalue weighted by atomic mass is 10.1. The molecule has 1 unspecified atom stereocenters. The highest BCUT2D eigenvalue weighted by Crippen LogP contribution is 2.15. The molecule has 0 aromatic heterocycles. The molecule has 1 rings (SSSR count). The van der Waals surface area contributed by atoms with Crippen LogP contribution in [0.25, 0.3) is 0 Å². The zero-order valence-electron chi connectivity index (χ0n) is 10.5. The second kappa shape index (κ2) is 7.92. The minimum atomic E-state index is -0.0304. The predicted molar refractivity (Wildman–Crippen MR) is 80.4 cm³/mol. The normalized spacial score (nSPS) is 12.2. The Labute approximate surface area is 125 Å². The molecule has 0 fully saturated rings. The van der Waals surface area contributed by atoms with Crippen LogP contribution in [-0.4, -0.2) is 31.0 Å². The third-order valence-corrected chi connectivity index (χ3v) is 3.74. The highest BCUT2D eigenvalue weighted by molar-refractivity contribution is 9.10. The van der Waals surface area contributed by atoms with Gasteiger partial charge in [0.15, 0.2) is 0 Å². The molecule has 1 N–H and O–H groups in total. The number of carbonyl (C=O) groups is 1. The third kappa shape index (κ3) is 5.08. The largest absolute Gasteiger partial charge is 0.384 e. The van der Waals surface area contributed by atoms with Gasteiger partial charge in [-0.15, -0.1) is 0 Å². The molecule has 1 aromatic carbocycles. The molecular formula is C13H17Br2NO2. The van der Waals surface area contributed by atoms with Crippen LogP contribution in [0.5, 0.6) is 0 Å². The van der Waals surface area contributed by atoms with E-state index in [4.69, 9.17) is 4.74 Å². The average Bonchev–Trinajstić information content (AvgIpc) is 2.29. The van der Waals surface area contributed by atoms with Gasteiger partial charge in [-0.25, -0.2) is 0 Å². The summed E-state index contributed by atoms with van der Waals surface area (Å²) in [5.74, 6) is -0.0304. The summed E-state index contributed by atoms with van der Waals surface area (Å²) in [6, 6.07) is 5.64. The number of hydrogen-bond acceptors (Lipinski definition) is 2. The second-order valence-corrected chi connectivity index (χ2v) is 6.27. The first-order valence-electron chi connectivity index (χ1n) is 5.72. The standard InChI is InChI=1S/C13H17Br2NO2/c1-9-7-10(14)3-4-12(9)13(17)16-6-5-11(15)8-18-2/h3-4,7,11H,5-6,8H2,1-2H3,(H,16,17). The van der Waals surface area contributed by atoms with E-state index in [9.17, 15) is 4.79 Å². The van der Waals surface area contributed by atoms with Crippen molar-refractivity contribution in [3.05, 3.63) is 33.8 Å². The highest BCUT2D eigenvalue weighted by Gasteiger charge is 2.09. The van der Waals surface area contributed by atoms with Crippen LogP contribution in [0.15, 0.2) is 22.7 Å². The summed E-state index contributed by atoms with van der Waals surface area (Å²) in [6.07, 6.45) is 0.842. The van der Waals surface area contributed by atoms with Crippen molar-refractivity contribution in [1.29, 1.82) is 0 Å². The van der Waals surface area contributed by atoms with E-state index in [1.54, 1.807) is 7.11 Å². The fourth-order valence-corrected chi connectivity index (χ4v) is 2.55. The van der Waals surface area contributed by atoms with Crippen LogP contribution in [0, 0.1) is 6.92 Å². The molecule has 1 amide bonds. The number of amides is 1. The van der Waals surface area contributed by atoms with Crippen LogP contribution in [0.2, 0.25) is 0 Å². The highest BCUT2D eigenvalue weighted by atomic mass is 79.9. The van der Waals surface area contributed by atoms with Gasteiger partial charge in [0, 0.05) is 28.5 Å². The summed E-state index contributed by atoms with van der Waals surface area (Å²) < 4.78 is 6.00. The SMILES string of the molecule is COCC(Br)CCNC(=O)c1ccc(Br)cc1C. The Balaban J connectivity index is 2.45. The quantitative estimate of drug-likeness (QED) is 0.771. The van der Waals surface area contributed by atoms with Crippen LogP contribution in [0.4, 0.5) is 0 Å². The van der Waals surface area contributed by atoms with Crippen LogP contribution in [0.1, 0.15) is 22.3 Å². The molecule has 0 aliphatic heterocycles. The molecule has 0 saturated carbocycles. The van der Waals surface area contributed by atoms with Crippen LogP contribution >= 0.6 is 31.9 Å². The zero-order chi connectivity index (χ0) is 13.5. The van der Waals surface area contributed by atoms with E-state index in [0.717, 1.165) is 22.0 Å². The minimum Gasteiger partial charge on any atom is -0.384 e. The summed E-state index contributed by atoms with van der Waals surface area (Å²) in [7, 11) is 1.66. The fraction of sp³-hybridized carbons (Fsp3) is 0.462. The second-order valence-electron chi connectivity index (χ2n) is 4.06. The van der Waals surface area contributed by atoms with Gasteiger partial charge in [0.1, 0.15) is 0 Å². The third-order valence-electron chi connectivity index (χ3n) is 2.52. The van der Waals surface area contributed by atoms with Gasteiger partial charge >= 0.3 is 0 Å². The van der Waals surface area contributed by atoms with E-state index in [-0.39, 0.29) is 10.7 Å². The number of carbonyl (C=O) groups excluding carboxylic acids is 1. The maximum atomic E-state index is 11.9. The van der Waals surface area contributed by atoms with Gasteiger partial charge in [0.25, 0.3) is 5.91 Å². The first kappa shape index (κ1) is 15.7. The van der Waals surface area contributed by atoms with Gasteiger partial charge in [-0.05, 0) is 37.1 Å². The summed E-state index contributed by atoms with van der Waals surface area (Å²) in [5, 5.41) is 2.91. The summed E-state index contributed by atoms with van der Waals surface area (Å²) in [5.41, 5.74) is 1.69. The van der Waals surface area contributed by atoms with Crippen LogP contribution < -0.4 is 5.32 Å². The van der Waals surface area contributed by atoms with E-state index in [1.165, 1.54) is 0 Å². The number of rotatable bonds is 6. The number of benzene rings is 1. The van der Waals surface area contributed by atoms with Crippen molar-refractivity contribution >= 4 is 37.8 Å². The lowest BCUT2D eigenvalue weighted by Crippen LogP contribution is -2.27. The van der Waals surface area contributed by atoms with Gasteiger partial charge in [-0.3, -0.25) is 4.79 Å². The number of aryl methyl sites for hydroxylation is 1. The number of methoxy groups -OCH3 is 1. The van der Waals surface area contributed by atoms with Crippen molar-refractivity contribution in [1.82, 2.24) is 5.32 Å². The maximum Gasteiger partial charge on any atom is 0.251 e. The smallest absolute Gasteiger partial charge is 0.251 e. The number of hydrogen-bond donors (Lipinski definition) is 1. The topological polar surface area (TPSA) is 38.3 Å². The molecule has 3 nitrogen and oxygen atoms in total. The summed E-state index contributed by atoms with van der Waals surface area (Å²) in [6.45, 7) is 3.21. The van der Waals surface area contributed by atoms with E-state index in [2.05, 4.69) is 37.2 Å². The van der Waals surface area contributed by atoms with Gasteiger partial charge < -0.3 is 10.1 Å². The Morgan fingerprint density at radius 1 is 1.50 bits per heavy atom. The molecular weight excluding hydrogens is 362 g/mol. The van der Waals surface area contributed by atoms with Gasteiger partial charge in [-0.2, -0.15) is 0 Å². The average molecular weight is 379 g/mol. The summed E-state index contributed by atoms with van der Waals surface area (Å²) in [4.78, 5) is 12.2. The van der Waals surface area contributed by atoms with Crippen molar-refractivity contribution in [3.63, 3.8) is 0 Å². The van der Waals surface area contributed by atoms with E-state index in [0.29, 0.717) is 13.2 Å². The Kier molecular flexibility index (Phi) is 6.89. The molecule has 1 aromatic rings. The van der Waals surface area contributed by atoms with Crippen molar-refractivity contribution in [3.8, 4) is 0 Å². The maximum absolute atomic E-state index is 11.9. The predicted octanol–water partition coefficient (Wildman–Crippen LogP) is 3.29. The molecule has 0 aliphatic rings. The molecule has 0 aliphatic carbocycles. The Bertz CT molecular complexity index is 410. The zero-order valence-corrected chi connectivity index (χ0v) is 13.7. The van der Waals surface area contributed by atoms with E-state index < -0.39 is 0 Å². The first-order chi connectivity index (χ1) is 8.54.